The summed E-state index contributed by atoms with van der Waals surface area (Å²) in [5.41, 5.74) is 5.69. The lowest BCUT2D eigenvalue weighted by Crippen LogP contribution is -2.19. The lowest BCUT2D eigenvalue weighted by Gasteiger charge is -2.11. The van der Waals surface area contributed by atoms with Crippen LogP contribution in [0.5, 0.6) is 0 Å². The molecule has 3 aromatic carbocycles. The van der Waals surface area contributed by atoms with E-state index in [-0.39, 0.29) is 11.9 Å². The SMILES string of the molecule is C=C1C(c2nc3c(F)cc(C#Cc4ccc5c(ccc6[nH]c(C7CC8CC8N7)nc65)c4)cc3[nH]2)NC2CC12. The molecule has 0 bridgehead atoms. The predicted octanol–water partition coefficient (Wildman–Crippen LogP) is 5.14. The number of nitrogens with one attached hydrogen (secondary N) is 4. The van der Waals surface area contributed by atoms with Crippen LogP contribution in [0.15, 0.2) is 54.6 Å². The van der Waals surface area contributed by atoms with Gasteiger partial charge in [0.25, 0.3) is 0 Å². The Kier molecular flexibility index (Phi) is 4.04. The molecule has 4 fully saturated rings. The van der Waals surface area contributed by atoms with Crippen LogP contribution in [0.2, 0.25) is 0 Å². The number of benzene rings is 3. The van der Waals surface area contributed by atoms with E-state index < -0.39 is 0 Å². The van der Waals surface area contributed by atoms with Gasteiger partial charge in [0.05, 0.1) is 28.6 Å². The van der Waals surface area contributed by atoms with Crippen molar-refractivity contribution in [3.63, 3.8) is 0 Å². The predicted molar refractivity (Wildman–Crippen MR) is 145 cm³/mol. The van der Waals surface area contributed by atoms with Gasteiger partial charge < -0.3 is 20.6 Å². The van der Waals surface area contributed by atoms with Crippen molar-refractivity contribution in [2.24, 2.45) is 11.8 Å². The molecule has 0 spiro atoms. The van der Waals surface area contributed by atoms with Gasteiger partial charge in [-0.3, -0.25) is 0 Å². The normalized spacial score (nSPS) is 29.0. The van der Waals surface area contributed by atoms with Crippen molar-refractivity contribution < 1.29 is 4.39 Å². The third-order valence-corrected chi connectivity index (χ3v) is 8.89. The van der Waals surface area contributed by atoms with Gasteiger partial charge in [-0.1, -0.05) is 30.6 Å². The van der Waals surface area contributed by atoms with Crippen molar-refractivity contribution in [2.45, 2.75) is 43.4 Å². The molecule has 2 aliphatic heterocycles. The van der Waals surface area contributed by atoms with Crippen LogP contribution >= 0.6 is 0 Å². The Labute approximate surface area is 218 Å². The number of rotatable bonds is 2. The largest absolute Gasteiger partial charge is 0.341 e. The van der Waals surface area contributed by atoms with Gasteiger partial charge in [0.15, 0.2) is 5.82 Å². The first-order valence-corrected chi connectivity index (χ1v) is 13.4. The Hall–Kier alpha value is -3.99. The fraction of sp³-hybridized carbons (Fsp3) is 0.290. The van der Waals surface area contributed by atoms with Crippen molar-refractivity contribution >= 4 is 32.8 Å². The minimum absolute atomic E-state index is 0.0326. The minimum atomic E-state index is -0.368. The highest BCUT2D eigenvalue weighted by Gasteiger charge is 2.50. The van der Waals surface area contributed by atoms with Crippen LogP contribution in [0, 0.1) is 29.5 Å². The zero-order chi connectivity index (χ0) is 25.1. The summed E-state index contributed by atoms with van der Waals surface area (Å²) in [7, 11) is 0. The van der Waals surface area contributed by atoms with Crippen molar-refractivity contribution in [1.29, 1.82) is 0 Å². The first kappa shape index (κ1) is 21.0. The maximum Gasteiger partial charge on any atom is 0.152 e. The highest BCUT2D eigenvalue weighted by molar-refractivity contribution is 6.04. The Bertz CT molecular complexity index is 1890. The number of piperidine rings is 2. The van der Waals surface area contributed by atoms with Crippen LogP contribution < -0.4 is 10.6 Å². The fourth-order valence-corrected chi connectivity index (χ4v) is 6.62. The summed E-state index contributed by atoms with van der Waals surface area (Å²) in [5, 5.41) is 9.40. The van der Waals surface area contributed by atoms with Gasteiger partial charge in [-0.15, -0.1) is 0 Å². The summed E-state index contributed by atoms with van der Waals surface area (Å²) in [4.78, 5) is 16.3. The van der Waals surface area contributed by atoms with Crippen molar-refractivity contribution in [1.82, 2.24) is 30.6 Å². The Balaban J connectivity index is 1.02. The van der Waals surface area contributed by atoms with Crippen LogP contribution in [0.25, 0.3) is 32.8 Å². The van der Waals surface area contributed by atoms with E-state index >= 15 is 0 Å². The Morgan fingerprint density at radius 3 is 2.53 bits per heavy atom. The number of hydrogen-bond donors (Lipinski definition) is 4. The third kappa shape index (κ3) is 3.14. The second kappa shape index (κ2) is 7.31. The van der Waals surface area contributed by atoms with Crippen molar-refractivity contribution in [3.05, 3.63) is 83.2 Å². The molecule has 9 rings (SSSR count). The average Bonchev–Trinajstić information content (AvgIpc) is 3.57. The van der Waals surface area contributed by atoms with Crippen molar-refractivity contribution in [3.8, 4) is 11.8 Å². The molecule has 2 aromatic heterocycles. The molecule has 186 valence electrons. The van der Waals surface area contributed by atoms with Gasteiger partial charge in [0.1, 0.15) is 17.2 Å². The first-order valence-electron chi connectivity index (χ1n) is 13.4. The van der Waals surface area contributed by atoms with E-state index in [4.69, 9.17) is 4.98 Å². The summed E-state index contributed by atoms with van der Waals surface area (Å²) >= 11 is 0. The molecule has 38 heavy (non-hydrogen) atoms. The maximum absolute atomic E-state index is 14.9. The molecule has 5 aromatic rings. The molecule has 4 N–H and O–H groups in total. The number of fused-ring (bicyclic) bond motifs is 6. The van der Waals surface area contributed by atoms with E-state index in [2.05, 4.69) is 68.3 Å². The second-order valence-corrected chi connectivity index (χ2v) is 11.4. The van der Waals surface area contributed by atoms with Crippen LogP contribution in [-0.4, -0.2) is 32.0 Å². The topological polar surface area (TPSA) is 81.4 Å². The zero-order valence-corrected chi connectivity index (χ0v) is 20.6. The van der Waals surface area contributed by atoms with Gasteiger partial charge in [-0.2, -0.15) is 0 Å². The van der Waals surface area contributed by atoms with E-state index in [1.165, 1.54) is 18.9 Å². The average molecular weight is 501 g/mol. The maximum atomic E-state index is 14.9. The van der Waals surface area contributed by atoms with Crippen LogP contribution in [0.4, 0.5) is 4.39 Å². The molecule has 4 aliphatic rings. The van der Waals surface area contributed by atoms with E-state index in [1.54, 1.807) is 0 Å². The van der Waals surface area contributed by atoms with E-state index in [1.807, 2.05) is 12.1 Å². The third-order valence-electron chi connectivity index (χ3n) is 8.89. The van der Waals surface area contributed by atoms with Crippen LogP contribution in [-0.2, 0) is 0 Å². The summed E-state index contributed by atoms with van der Waals surface area (Å²) in [6.07, 6.45) is 3.62. The molecule has 6 unspecified atom stereocenters. The molecule has 7 heteroatoms. The molecule has 0 amide bonds. The minimum Gasteiger partial charge on any atom is -0.341 e. The lowest BCUT2D eigenvalue weighted by molar-refractivity contribution is 0.544. The molecule has 2 saturated carbocycles. The molecule has 4 heterocycles. The first-order chi connectivity index (χ1) is 18.6. The smallest absolute Gasteiger partial charge is 0.152 e. The van der Waals surface area contributed by atoms with E-state index in [0.717, 1.165) is 56.9 Å². The van der Waals surface area contributed by atoms with E-state index in [0.29, 0.717) is 40.6 Å². The summed E-state index contributed by atoms with van der Waals surface area (Å²) < 4.78 is 14.9. The number of nitrogens with zero attached hydrogens (tertiary/aromatic N) is 2. The summed E-state index contributed by atoms with van der Waals surface area (Å²) in [5.74, 6) is 9.11. The van der Waals surface area contributed by atoms with E-state index in [9.17, 15) is 4.39 Å². The number of hydrogen-bond acceptors (Lipinski definition) is 4. The van der Waals surface area contributed by atoms with Gasteiger partial charge >= 0.3 is 0 Å². The number of aromatic amines is 2. The molecular formula is C31H25FN6. The lowest BCUT2D eigenvalue weighted by atomic mass is 10.1. The van der Waals surface area contributed by atoms with Crippen LogP contribution in [0.1, 0.15) is 54.1 Å². The van der Waals surface area contributed by atoms with Gasteiger partial charge in [0.2, 0.25) is 0 Å². The molecular weight excluding hydrogens is 475 g/mol. The molecule has 6 nitrogen and oxygen atoms in total. The number of imidazole rings is 2. The highest BCUT2D eigenvalue weighted by atomic mass is 19.1. The quantitative estimate of drug-likeness (QED) is 0.200. The molecule has 0 radical (unpaired) electrons. The number of aromatic nitrogens is 4. The van der Waals surface area contributed by atoms with Gasteiger partial charge in [-0.25, -0.2) is 14.4 Å². The monoisotopic (exact) mass is 500 g/mol. The Morgan fingerprint density at radius 2 is 1.68 bits per heavy atom. The fourth-order valence-electron chi connectivity index (χ4n) is 6.62. The Morgan fingerprint density at radius 1 is 0.816 bits per heavy atom. The number of halogens is 1. The summed E-state index contributed by atoms with van der Waals surface area (Å²) in [6.45, 7) is 4.22. The highest BCUT2D eigenvalue weighted by Crippen LogP contribution is 2.49. The van der Waals surface area contributed by atoms with Crippen molar-refractivity contribution in [2.75, 3.05) is 0 Å². The van der Waals surface area contributed by atoms with Gasteiger partial charge in [0, 0.05) is 28.6 Å². The van der Waals surface area contributed by atoms with Gasteiger partial charge in [-0.05, 0) is 72.4 Å². The standard InChI is InChI=1S/C31H25FN6/c1-14-20-13-24(20)34-27(14)31-36-25-10-16(9-21(32)29(25)38-31)3-2-15-4-6-19-17(8-15)5-7-22-28(19)37-30(35-22)26-12-18-11-23(18)33-26/h4-10,18,20,23-24,26-27,33-34H,1,11-13H2,(H,35,37)(H,36,38). The zero-order valence-electron chi connectivity index (χ0n) is 20.6. The summed E-state index contributed by atoms with van der Waals surface area (Å²) in [6, 6.07) is 15.2. The molecule has 2 aliphatic carbocycles. The molecule has 6 atom stereocenters. The molecule has 2 saturated heterocycles. The second-order valence-electron chi connectivity index (χ2n) is 11.4. The number of H-pyrrole nitrogens is 2. The van der Waals surface area contributed by atoms with Crippen LogP contribution in [0.3, 0.4) is 0 Å².